The monoisotopic (exact) mass is 482 g/mol. The summed E-state index contributed by atoms with van der Waals surface area (Å²) in [5.74, 6) is 2.85. The summed E-state index contributed by atoms with van der Waals surface area (Å²) in [6, 6.07) is 16.0. The van der Waals surface area contributed by atoms with Crippen LogP contribution >= 0.6 is 23.1 Å². The number of nitrogens with zero attached hydrogens (tertiary/aromatic N) is 4. The summed E-state index contributed by atoms with van der Waals surface area (Å²) in [7, 11) is 4.97. The fourth-order valence-electron chi connectivity index (χ4n) is 3.38. The fraction of sp³-hybridized carbons (Fsp3) is 0.292. The van der Waals surface area contributed by atoms with Gasteiger partial charge in [0.05, 0.1) is 19.9 Å². The fourth-order valence-corrected chi connectivity index (χ4v) is 5.17. The molecule has 0 fully saturated rings. The summed E-state index contributed by atoms with van der Waals surface area (Å²) >= 11 is 3.30. The minimum absolute atomic E-state index is 0.659. The van der Waals surface area contributed by atoms with Crippen molar-refractivity contribution in [2.45, 2.75) is 23.9 Å². The normalized spacial score (nSPS) is 11.0. The number of aromatic nitrogens is 4. The van der Waals surface area contributed by atoms with Crippen LogP contribution in [0.25, 0.3) is 22.0 Å². The van der Waals surface area contributed by atoms with E-state index in [1.807, 2.05) is 36.4 Å². The molecule has 0 amide bonds. The standard InChI is InChI=1S/C24H26N4O3S2/c1-29-13-7-12-28-22(18-10-11-20(30-2)21(14-18)31-3)26-27-24(28)33-16-19-15-32-23(25-19)17-8-5-4-6-9-17/h4-6,8-11,14-15H,7,12-13,16H2,1-3H3. The van der Waals surface area contributed by atoms with Gasteiger partial charge in [-0.3, -0.25) is 0 Å². The van der Waals surface area contributed by atoms with Crippen molar-refractivity contribution in [3.05, 3.63) is 59.6 Å². The zero-order valence-corrected chi connectivity index (χ0v) is 20.5. The summed E-state index contributed by atoms with van der Waals surface area (Å²) in [5.41, 5.74) is 3.09. The third kappa shape index (κ3) is 5.55. The summed E-state index contributed by atoms with van der Waals surface area (Å²) < 4.78 is 18.2. The van der Waals surface area contributed by atoms with Gasteiger partial charge in [-0.2, -0.15) is 0 Å². The highest BCUT2D eigenvalue weighted by Gasteiger charge is 2.17. The van der Waals surface area contributed by atoms with E-state index in [0.717, 1.165) is 51.5 Å². The van der Waals surface area contributed by atoms with Gasteiger partial charge in [0, 0.05) is 42.5 Å². The average molecular weight is 483 g/mol. The number of thioether (sulfide) groups is 1. The predicted molar refractivity (Wildman–Crippen MR) is 132 cm³/mol. The van der Waals surface area contributed by atoms with Gasteiger partial charge in [-0.05, 0) is 24.6 Å². The van der Waals surface area contributed by atoms with E-state index in [0.29, 0.717) is 18.1 Å². The van der Waals surface area contributed by atoms with Crippen molar-refractivity contribution in [2.75, 3.05) is 27.9 Å². The van der Waals surface area contributed by atoms with Gasteiger partial charge in [-0.25, -0.2) is 4.98 Å². The van der Waals surface area contributed by atoms with Crippen molar-refractivity contribution in [2.24, 2.45) is 0 Å². The Bertz CT molecular complexity index is 1180. The lowest BCUT2D eigenvalue weighted by molar-refractivity contribution is 0.189. The highest BCUT2D eigenvalue weighted by atomic mass is 32.2. The Morgan fingerprint density at radius 1 is 0.939 bits per heavy atom. The van der Waals surface area contributed by atoms with Gasteiger partial charge in [0.1, 0.15) is 5.01 Å². The van der Waals surface area contributed by atoms with E-state index >= 15 is 0 Å². The molecular formula is C24H26N4O3S2. The Hall–Kier alpha value is -2.88. The zero-order valence-electron chi connectivity index (χ0n) is 18.9. The first-order chi connectivity index (χ1) is 16.2. The van der Waals surface area contributed by atoms with Crippen LogP contribution in [0.1, 0.15) is 12.1 Å². The molecular weight excluding hydrogens is 456 g/mol. The van der Waals surface area contributed by atoms with Crippen molar-refractivity contribution >= 4 is 23.1 Å². The molecule has 0 aliphatic rings. The molecule has 0 radical (unpaired) electrons. The Kier molecular flexibility index (Phi) is 7.98. The molecule has 0 saturated carbocycles. The second-order valence-corrected chi connectivity index (χ2v) is 8.97. The van der Waals surface area contributed by atoms with Crippen LogP contribution < -0.4 is 9.47 Å². The van der Waals surface area contributed by atoms with Gasteiger partial charge in [0.2, 0.25) is 0 Å². The number of methoxy groups -OCH3 is 3. The molecule has 33 heavy (non-hydrogen) atoms. The summed E-state index contributed by atoms with van der Waals surface area (Å²) in [4.78, 5) is 4.80. The molecule has 4 rings (SSSR count). The molecule has 2 aromatic carbocycles. The lowest BCUT2D eigenvalue weighted by Crippen LogP contribution is -2.05. The molecule has 0 bridgehead atoms. The number of hydrogen-bond donors (Lipinski definition) is 0. The van der Waals surface area contributed by atoms with Crippen molar-refractivity contribution in [3.8, 4) is 33.5 Å². The SMILES string of the molecule is COCCCn1c(SCc2csc(-c3ccccc3)n2)nnc1-c1ccc(OC)c(OC)c1. The Labute approximate surface area is 201 Å². The van der Waals surface area contributed by atoms with Crippen LogP contribution in [0, 0.1) is 0 Å². The molecule has 0 spiro atoms. The Morgan fingerprint density at radius 3 is 2.52 bits per heavy atom. The van der Waals surface area contributed by atoms with E-state index in [-0.39, 0.29) is 0 Å². The average Bonchev–Trinajstić information content (AvgIpc) is 3.50. The van der Waals surface area contributed by atoms with Gasteiger partial charge >= 0.3 is 0 Å². The molecule has 0 aliphatic carbocycles. The molecule has 7 nitrogen and oxygen atoms in total. The molecule has 0 unspecified atom stereocenters. The molecule has 2 aromatic heterocycles. The molecule has 0 saturated heterocycles. The second kappa shape index (κ2) is 11.3. The number of rotatable bonds is 11. The van der Waals surface area contributed by atoms with Gasteiger partial charge in [0.25, 0.3) is 0 Å². The maximum absolute atomic E-state index is 5.47. The summed E-state index contributed by atoms with van der Waals surface area (Å²) in [6.07, 6.45) is 0.858. The maximum Gasteiger partial charge on any atom is 0.191 e. The predicted octanol–water partition coefficient (Wildman–Crippen LogP) is 5.41. The highest BCUT2D eigenvalue weighted by Crippen LogP contribution is 2.34. The minimum atomic E-state index is 0.659. The largest absolute Gasteiger partial charge is 0.493 e. The first-order valence-electron chi connectivity index (χ1n) is 10.5. The van der Waals surface area contributed by atoms with E-state index in [1.54, 1.807) is 44.4 Å². The second-order valence-electron chi connectivity index (χ2n) is 7.17. The first kappa shape index (κ1) is 23.3. The van der Waals surface area contributed by atoms with Crippen LogP contribution in [-0.2, 0) is 17.0 Å². The molecule has 0 aliphatic heterocycles. The molecule has 9 heteroatoms. The number of ether oxygens (including phenoxy) is 3. The van der Waals surface area contributed by atoms with Crippen molar-refractivity contribution < 1.29 is 14.2 Å². The van der Waals surface area contributed by atoms with Crippen LogP contribution in [0.15, 0.2) is 59.1 Å². The number of hydrogen-bond acceptors (Lipinski definition) is 8. The number of benzene rings is 2. The lowest BCUT2D eigenvalue weighted by atomic mass is 10.2. The van der Waals surface area contributed by atoms with Crippen LogP contribution in [0.5, 0.6) is 11.5 Å². The zero-order chi connectivity index (χ0) is 23.0. The van der Waals surface area contributed by atoms with Crippen LogP contribution in [0.3, 0.4) is 0 Å². The topological polar surface area (TPSA) is 71.3 Å². The van der Waals surface area contributed by atoms with Gasteiger partial charge in [0.15, 0.2) is 22.5 Å². The third-order valence-electron chi connectivity index (χ3n) is 5.01. The molecule has 0 atom stereocenters. The molecule has 4 aromatic rings. The smallest absolute Gasteiger partial charge is 0.191 e. The lowest BCUT2D eigenvalue weighted by Gasteiger charge is -2.12. The Morgan fingerprint density at radius 2 is 1.76 bits per heavy atom. The van der Waals surface area contributed by atoms with Crippen molar-refractivity contribution in [1.82, 2.24) is 19.7 Å². The minimum Gasteiger partial charge on any atom is -0.493 e. The maximum atomic E-state index is 5.47. The first-order valence-corrected chi connectivity index (χ1v) is 12.4. The van der Waals surface area contributed by atoms with E-state index in [4.69, 9.17) is 19.2 Å². The molecule has 2 heterocycles. The molecule has 0 N–H and O–H groups in total. The number of thiazole rings is 1. The highest BCUT2D eigenvalue weighted by molar-refractivity contribution is 7.98. The van der Waals surface area contributed by atoms with Crippen molar-refractivity contribution in [1.29, 1.82) is 0 Å². The quantitative estimate of drug-likeness (QED) is 0.209. The third-order valence-corrected chi connectivity index (χ3v) is 6.95. The van der Waals surface area contributed by atoms with Crippen LogP contribution in [0.2, 0.25) is 0 Å². The Balaban J connectivity index is 1.56. The summed E-state index contributed by atoms with van der Waals surface area (Å²) in [5, 5.41) is 13.0. The van der Waals surface area contributed by atoms with Gasteiger partial charge in [-0.15, -0.1) is 21.5 Å². The van der Waals surface area contributed by atoms with E-state index in [2.05, 4.69) is 32.3 Å². The van der Waals surface area contributed by atoms with E-state index < -0.39 is 0 Å². The van der Waals surface area contributed by atoms with E-state index in [1.165, 1.54) is 0 Å². The van der Waals surface area contributed by atoms with Crippen LogP contribution in [0.4, 0.5) is 0 Å². The van der Waals surface area contributed by atoms with Gasteiger partial charge in [-0.1, -0.05) is 42.1 Å². The van der Waals surface area contributed by atoms with Gasteiger partial charge < -0.3 is 18.8 Å². The van der Waals surface area contributed by atoms with Crippen LogP contribution in [-0.4, -0.2) is 47.7 Å². The van der Waals surface area contributed by atoms with Crippen molar-refractivity contribution in [3.63, 3.8) is 0 Å². The molecule has 172 valence electrons. The van der Waals surface area contributed by atoms with E-state index in [9.17, 15) is 0 Å². The summed E-state index contributed by atoms with van der Waals surface area (Å²) in [6.45, 7) is 1.42.